The van der Waals surface area contributed by atoms with E-state index in [9.17, 15) is 8.42 Å². The van der Waals surface area contributed by atoms with Crippen LogP contribution in [-0.2, 0) is 27.4 Å². The zero-order valence-corrected chi connectivity index (χ0v) is 19.5. The van der Waals surface area contributed by atoms with E-state index in [2.05, 4.69) is 27.7 Å². The lowest BCUT2D eigenvalue weighted by molar-refractivity contribution is 0.559. The van der Waals surface area contributed by atoms with Crippen LogP contribution in [-0.4, -0.2) is 18.2 Å². The fourth-order valence-electron chi connectivity index (χ4n) is 3.42. The molecule has 30 heavy (non-hydrogen) atoms. The monoisotopic (exact) mass is 424 g/mol. The van der Waals surface area contributed by atoms with Gasteiger partial charge in [-0.05, 0) is 55.2 Å². The predicted molar refractivity (Wildman–Crippen MR) is 123 cm³/mol. The highest BCUT2D eigenvalue weighted by Gasteiger charge is 2.25. The van der Waals surface area contributed by atoms with Gasteiger partial charge in [-0.15, -0.1) is 0 Å². The van der Waals surface area contributed by atoms with Crippen LogP contribution in [0.1, 0.15) is 63.1 Å². The third kappa shape index (κ3) is 5.01. The van der Waals surface area contributed by atoms with Crippen molar-refractivity contribution in [2.45, 2.75) is 69.9 Å². The van der Waals surface area contributed by atoms with Gasteiger partial charge >= 0.3 is 0 Å². The fraction of sp³-hybridized carbons (Fsp3) is 0.400. The summed E-state index contributed by atoms with van der Waals surface area (Å²) < 4.78 is 28.2. The maximum absolute atomic E-state index is 13.2. The highest BCUT2D eigenvalue weighted by Crippen LogP contribution is 2.27. The van der Waals surface area contributed by atoms with Gasteiger partial charge in [0.1, 0.15) is 0 Å². The smallest absolute Gasteiger partial charge is 0.184 e. The molecule has 4 nitrogen and oxygen atoms in total. The molecule has 0 bridgehead atoms. The third-order valence-electron chi connectivity index (χ3n) is 5.33. The molecule has 3 aromatic rings. The molecule has 0 fully saturated rings. The van der Waals surface area contributed by atoms with Gasteiger partial charge < -0.3 is 0 Å². The highest BCUT2D eigenvalue weighted by atomic mass is 32.2. The van der Waals surface area contributed by atoms with Crippen LogP contribution in [0.2, 0.25) is 0 Å². The number of unbranched alkanes of at least 4 members (excludes halogenated alkanes) is 1. The first-order valence-electron chi connectivity index (χ1n) is 10.6. The Hall–Kier alpha value is -2.40. The van der Waals surface area contributed by atoms with E-state index in [0.29, 0.717) is 10.6 Å². The van der Waals surface area contributed by atoms with E-state index in [0.717, 1.165) is 36.2 Å². The van der Waals surface area contributed by atoms with Gasteiger partial charge in [-0.1, -0.05) is 64.4 Å². The van der Waals surface area contributed by atoms with Gasteiger partial charge in [0.25, 0.3) is 0 Å². The Bertz CT molecular complexity index is 1100. The van der Waals surface area contributed by atoms with Crippen molar-refractivity contribution in [1.82, 2.24) is 9.78 Å². The van der Waals surface area contributed by atoms with Gasteiger partial charge in [0.15, 0.2) is 9.84 Å². The summed E-state index contributed by atoms with van der Waals surface area (Å²) in [4.78, 5) is 0.359. The average Bonchev–Trinajstić information content (AvgIpc) is 3.10. The molecule has 0 atom stereocenters. The number of para-hydroxylation sites is 1. The summed E-state index contributed by atoms with van der Waals surface area (Å²) in [5.74, 6) is -0.0846. The van der Waals surface area contributed by atoms with E-state index in [1.165, 1.54) is 5.56 Å². The van der Waals surface area contributed by atoms with Crippen molar-refractivity contribution in [3.05, 3.63) is 77.1 Å². The number of nitrogens with zero attached hydrogens (tertiary/aromatic N) is 2. The lowest BCUT2D eigenvalue weighted by atomic mass is 9.92. The second kappa shape index (κ2) is 8.76. The summed E-state index contributed by atoms with van der Waals surface area (Å²) in [7, 11) is -3.49. The summed E-state index contributed by atoms with van der Waals surface area (Å²) in [6.45, 7) is 10.4. The molecular formula is C25H32N2O2S. The van der Waals surface area contributed by atoms with E-state index in [1.807, 2.05) is 49.4 Å². The van der Waals surface area contributed by atoms with Crippen molar-refractivity contribution in [2.75, 3.05) is 0 Å². The lowest BCUT2D eigenvalue weighted by Gasteiger charge is -2.14. The van der Waals surface area contributed by atoms with Crippen molar-refractivity contribution >= 4 is 9.84 Å². The van der Waals surface area contributed by atoms with Gasteiger partial charge in [0.05, 0.1) is 27.7 Å². The number of rotatable bonds is 7. The molecule has 2 aromatic carbocycles. The summed E-state index contributed by atoms with van der Waals surface area (Å²) in [5, 5.41) is 4.79. The molecule has 3 rings (SSSR count). The van der Waals surface area contributed by atoms with Crippen LogP contribution >= 0.6 is 0 Å². The van der Waals surface area contributed by atoms with Crippen LogP contribution in [0, 0.1) is 6.92 Å². The summed E-state index contributed by atoms with van der Waals surface area (Å²) in [5.41, 5.74) is 4.53. The Labute approximate surface area is 180 Å². The van der Waals surface area contributed by atoms with E-state index in [-0.39, 0.29) is 11.2 Å². The molecule has 5 heteroatoms. The number of aryl methyl sites for hydroxylation is 2. The van der Waals surface area contributed by atoms with Gasteiger partial charge in [-0.3, -0.25) is 0 Å². The van der Waals surface area contributed by atoms with E-state index < -0.39 is 9.84 Å². The maximum Gasteiger partial charge on any atom is 0.184 e. The highest BCUT2D eigenvalue weighted by molar-refractivity contribution is 7.90. The normalized spacial score (nSPS) is 12.3. The number of aromatic nitrogens is 2. The molecule has 0 aliphatic carbocycles. The largest absolute Gasteiger partial charge is 0.236 e. The Balaban J connectivity index is 1.98. The Morgan fingerprint density at radius 2 is 1.67 bits per heavy atom. The molecule has 160 valence electrons. The van der Waals surface area contributed by atoms with E-state index in [1.54, 1.807) is 16.8 Å². The molecule has 0 amide bonds. The average molecular weight is 425 g/mol. The minimum atomic E-state index is -3.49. The lowest BCUT2D eigenvalue weighted by Crippen LogP contribution is -2.13. The van der Waals surface area contributed by atoms with Crippen LogP contribution in [0.3, 0.4) is 0 Å². The van der Waals surface area contributed by atoms with E-state index >= 15 is 0 Å². The molecule has 0 saturated heterocycles. The summed E-state index contributed by atoms with van der Waals surface area (Å²) in [6.07, 6.45) is 3.21. The fourth-order valence-corrected chi connectivity index (χ4v) is 4.73. The van der Waals surface area contributed by atoms with Crippen molar-refractivity contribution in [1.29, 1.82) is 0 Å². The minimum Gasteiger partial charge on any atom is -0.236 e. The Morgan fingerprint density at radius 3 is 2.27 bits per heavy atom. The van der Waals surface area contributed by atoms with Gasteiger partial charge in [-0.25, -0.2) is 13.1 Å². The van der Waals surface area contributed by atoms with Gasteiger partial charge in [-0.2, -0.15) is 5.10 Å². The van der Waals surface area contributed by atoms with Crippen LogP contribution in [0.4, 0.5) is 0 Å². The molecule has 0 aliphatic heterocycles. The first-order chi connectivity index (χ1) is 14.1. The number of benzene rings is 2. The van der Waals surface area contributed by atoms with Crippen molar-refractivity contribution in [2.24, 2.45) is 0 Å². The Morgan fingerprint density at radius 1 is 1.00 bits per heavy atom. The predicted octanol–water partition coefficient (Wildman–Crippen LogP) is 5.79. The molecule has 0 N–H and O–H groups in total. The van der Waals surface area contributed by atoms with Crippen LogP contribution < -0.4 is 0 Å². The number of hydrogen-bond acceptors (Lipinski definition) is 3. The topological polar surface area (TPSA) is 52.0 Å². The molecule has 1 aromatic heterocycles. The molecular weight excluding hydrogens is 392 g/mol. The zero-order chi connectivity index (χ0) is 21.9. The van der Waals surface area contributed by atoms with Gasteiger partial charge in [0, 0.05) is 5.41 Å². The quantitative estimate of drug-likeness (QED) is 0.482. The molecule has 0 aliphatic rings. The Kier molecular flexibility index (Phi) is 6.51. The number of sulfone groups is 1. The van der Waals surface area contributed by atoms with Crippen molar-refractivity contribution < 1.29 is 8.42 Å². The molecule has 0 unspecified atom stereocenters. The zero-order valence-electron chi connectivity index (χ0n) is 18.6. The molecule has 1 heterocycles. The van der Waals surface area contributed by atoms with E-state index in [4.69, 9.17) is 5.10 Å². The molecule has 0 radical (unpaired) electrons. The van der Waals surface area contributed by atoms with Crippen LogP contribution in [0.25, 0.3) is 5.69 Å². The second-order valence-corrected chi connectivity index (χ2v) is 11.0. The second-order valence-electron chi connectivity index (χ2n) is 8.98. The minimum absolute atomic E-state index is 0.0846. The maximum atomic E-state index is 13.2. The SMILES string of the molecule is CCCCc1ccc(S(=O)(=O)Cc2cc(C(C)(C)C)nn2-c2ccccc2C)cc1. The number of hydrogen-bond donors (Lipinski definition) is 0. The first kappa shape index (κ1) is 22.3. The van der Waals surface area contributed by atoms with Crippen LogP contribution in [0.15, 0.2) is 59.5 Å². The molecule has 0 spiro atoms. The standard InChI is InChI=1S/C25H32N2O2S/c1-6-7-11-20-13-15-22(16-14-20)30(28,29)18-21-17-24(25(3,4)5)26-27(21)23-12-9-8-10-19(23)2/h8-10,12-17H,6-7,11,18H2,1-5H3. The third-order valence-corrected chi connectivity index (χ3v) is 7.00. The van der Waals surface area contributed by atoms with Gasteiger partial charge in [0.2, 0.25) is 0 Å². The first-order valence-corrected chi connectivity index (χ1v) is 12.2. The molecule has 0 saturated carbocycles. The summed E-state index contributed by atoms with van der Waals surface area (Å²) in [6, 6.07) is 17.2. The van der Waals surface area contributed by atoms with Crippen molar-refractivity contribution in [3.8, 4) is 5.69 Å². The summed E-state index contributed by atoms with van der Waals surface area (Å²) >= 11 is 0. The van der Waals surface area contributed by atoms with Crippen LogP contribution in [0.5, 0.6) is 0 Å². The van der Waals surface area contributed by atoms with Crippen molar-refractivity contribution in [3.63, 3.8) is 0 Å².